The monoisotopic (exact) mass is 228 g/mol. The number of nitrogens with one attached hydrogen (secondary N) is 2. The molecule has 1 heterocycles. The van der Waals surface area contributed by atoms with E-state index in [1.54, 1.807) is 0 Å². The fraction of sp³-hybridized carbons (Fsp3) is 0.455. The molecule has 0 saturated carbocycles. The molecule has 3 nitrogen and oxygen atoms in total. The number of rotatable bonds is 4. The van der Waals surface area contributed by atoms with E-state index in [2.05, 4.69) is 15.4 Å². The fourth-order valence-electron chi connectivity index (χ4n) is 1.57. The average Bonchev–Trinajstić information content (AvgIpc) is 2.20. The van der Waals surface area contributed by atoms with Crippen molar-refractivity contribution in [1.82, 2.24) is 5.32 Å². The second-order valence-corrected chi connectivity index (χ2v) is 3.87. The van der Waals surface area contributed by atoms with Crippen molar-refractivity contribution in [2.45, 2.75) is 0 Å². The molecule has 1 aliphatic rings. The summed E-state index contributed by atoms with van der Waals surface area (Å²) >= 11 is 0. The van der Waals surface area contributed by atoms with Crippen LogP contribution in [0.15, 0.2) is 12.1 Å². The van der Waals surface area contributed by atoms with Crippen LogP contribution in [0.2, 0.25) is 0 Å². The lowest BCUT2D eigenvalue weighted by Gasteiger charge is -2.27. The van der Waals surface area contributed by atoms with Crippen molar-refractivity contribution in [1.29, 1.82) is 0 Å². The molecule has 0 aromatic heterocycles. The van der Waals surface area contributed by atoms with Gasteiger partial charge in [0.2, 0.25) is 0 Å². The van der Waals surface area contributed by atoms with Gasteiger partial charge in [-0.1, -0.05) is 0 Å². The zero-order chi connectivity index (χ0) is 11.5. The molecule has 0 spiro atoms. The Labute approximate surface area is 92.8 Å². The molecule has 1 fully saturated rings. The van der Waals surface area contributed by atoms with E-state index in [1.807, 2.05) is 0 Å². The molecule has 0 radical (unpaired) electrons. The number of anilines is 1. The van der Waals surface area contributed by atoms with Crippen molar-refractivity contribution in [2.75, 3.05) is 32.1 Å². The van der Waals surface area contributed by atoms with Crippen molar-refractivity contribution in [3.8, 4) is 5.75 Å². The minimum absolute atomic E-state index is 0.0756. The molecule has 5 heteroatoms. The highest BCUT2D eigenvalue weighted by Crippen LogP contribution is 2.24. The molecule has 1 saturated heterocycles. The van der Waals surface area contributed by atoms with E-state index in [9.17, 15) is 8.78 Å². The Balaban J connectivity index is 2.04. The largest absolute Gasteiger partial charge is 0.494 e. The van der Waals surface area contributed by atoms with Gasteiger partial charge in [0, 0.05) is 37.7 Å². The van der Waals surface area contributed by atoms with Crippen LogP contribution in [0.5, 0.6) is 5.75 Å². The van der Waals surface area contributed by atoms with E-state index >= 15 is 0 Å². The minimum Gasteiger partial charge on any atom is -0.494 e. The summed E-state index contributed by atoms with van der Waals surface area (Å²) in [6.45, 7) is 2.50. The van der Waals surface area contributed by atoms with Crippen LogP contribution in [0, 0.1) is 17.6 Å². The zero-order valence-electron chi connectivity index (χ0n) is 9.02. The molecular formula is C11H14F2N2O. The van der Waals surface area contributed by atoms with Gasteiger partial charge in [-0.2, -0.15) is 0 Å². The van der Waals surface area contributed by atoms with E-state index in [4.69, 9.17) is 0 Å². The van der Waals surface area contributed by atoms with Crippen molar-refractivity contribution in [3.63, 3.8) is 0 Å². The number of ether oxygens (including phenoxy) is 1. The van der Waals surface area contributed by atoms with Crippen LogP contribution in [-0.4, -0.2) is 26.7 Å². The van der Waals surface area contributed by atoms with Gasteiger partial charge in [0.1, 0.15) is 5.82 Å². The second kappa shape index (κ2) is 4.65. The summed E-state index contributed by atoms with van der Waals surface area (Å²) in [5, 5.41) is 6.01. The lowest BCUT2D eigenvalue weighted by atomic mass is 10.0. The Morgan fingerprint density at radius 1 is 1.38 bits per heavy atom. The van der Waals surface area contributed by atoms with E-state index < -0.39 is 11.6 Å². The Morgan fingerprint density at radius 3 is 2.69 bits per heavy atom. The summed E-state index contributed by atoms with van der Waals surface area (Å²) in [4.78, 5) is 0. The minimum atomic E-state index is -0.557. The first kappa shape index (κ1) is 11.1. The van der Waals surface area contributed by atoms with Crippen LogP contribution in [0.25, 0.3) is 0 Å². The Morgan fingerprint density at radius 2 is 2.12 bits per heavy atom. The van der Waals surface area contributed by atoms with Gasteiger partial charge in [-0.25, -0.2) is 8.78 Å². The third kappa shape index (κ3) is 2.24. The molecule has 1 aromatic carbocycles. The first-order chi connectivity index (χ1) is 7.70. The van der Waals surface area contributed by atoms with Crippen LogP contribution < -0.4 is 15.4 Å². The van der Waals surface area contributed by atoms with E-state index in [1.165, 1.54) is 7.11 Å². The average molecular weight is 228 g/mol. The predicted octanol–water partition coefficient (Wildman–Crippen LogP) is 1.60. The summed E-state index contributed by atoms with van der Waals surface area (Å²) in [6, 6.07) is 2.18. The highest BCUT2D eigenvalue weighted by molar-refractivity contribution is 5.49. The lowest BCUT2D eigenvalue weighted by Crippen LogP contribution is -2.45. The number of benzene rings is 1. The van der Waals surface area contributed by atoms with Crippen LogP contribution in [0.1, 0.15) is 0 Å². The highest BCUT2D eigenvalue weighted by atomic mass is 19.1. The third-order valence-corrected chi connectivity index (χ3v) is 2.69. The number of hydrogen-bond donors (Lipinski definition) is 2. The molecule has 1 aromatic rings. The lowest BCUT2D eigenvalue weighted by molar-refractivity contribution is 0.364. The molecule has 88 valence electrons. The maximum absolute atomic E-state index is 13.5. The normalized spacial score (nSPS) is 15.7. The molecule has 0 bridgehead atoms. The molecule has 2 rings (SSSR count). The molecule has 0 atom stereocenters. The zero-order valence-corrected chi connectivity index (χ0v) is 9.02. The molecule has 0 aliphatic carbocycles. The van der Waals surface area contributed by atoms with Crippen LogP contribution in [0.4, 0.5) is 14.5 Å². The molecule has 0 unspecified atom stereocenters. The Hall–Kier alpha value is -1.36. The van der Waals surface area contributed by atoms with E-state index in [-0.39, 0.29) is 11.4 Å². The number of methoxy groups -OCH3 is 1. The molecule has 1 aliphatic heterocycles. The molecule has 16 heavy (non-hydrogen) atoms. The summed E-state index contributed by atoms with van der Waals surface area (Å²) in [7, 11) is 1.31. The van der Waals surface area contributed by atoms with Gasteiger partial charge in [-0.05, 0) is 0 Å². The Kier molecular flexibility index (Phi) is 3.24. The van der Waals surface area contributed by atoms with Gasteiger partial charge in [0.15, 0.2) is 11.6 Å². The number of halogens is 2. The second-order valence-electron chi connectivity index (χ2n) is 3.87. The summed E-state index contributed by atoms with van der Waals surface area (Å²) in [6.07, 6.45) is 0. The van der Waals surface area contributed by atoms with Gasteiger partial charge in [0.25, 0.3) is 0 Å². The van der Waals surface area contributed by atoms with Crippen LogP contribution in [0.3, 0.4) is 0 Å². The quantitative estimate of drug-likeness (QED) is 0.821. The van der Waals surface area contributed by atoms with Gasteiger partial charge in [-0.3, -0.25) is 0 Å². The van der Waals surface area contributed by atoms with Crippen LogP contribution >= 0.6 is 0 Å². The van der Waals surface area contributed by atoms with Crippen molar-refractivity contribution >= 4 is 5.69 Å². The van der Waals surface area contributed by atoms with Gasteiger partial charge < -0.3 is 15.4 Å². The maximum Gasteiger partial charge on any atom is 0.167 e. The topological polar surface area (TPSA) is 33.3 Å². The number of hydrogen-bond acceptors (Lipinski definition) is 3. The van der Waals surface area contributed by atoms with Gasteiger partial charge in [0.05, 0.1) is 12.8 Å². The first-order valence-electron chi connectivity index (χ1n) is 5.18. The smallest absolute Gasteiger partial charge is 0.167 e. The van der Waals surface area contributed by atoms with E-state index in [0.29, 0.717) is 12.5 Å². The summed E-state index contributed by atoms with van der Waals surface area (Å²) < 4.78 is 31.5. The molecule has 0 amide bonds. The summed E-state index contributed by atoms with van der Waals surface area (Å²) in [5.41, 5.74) is 0.185. The van der Waals surface area contributed by atoms with Crippen molar-refractivity contribution in [2.24, 2.45) is 5.92 Å². The third-order valence-electron chi connectivity index (χ3n) is 2.69. The van der Waals surface area contributed by atoms with Crippen molar-refractivity contribution < 1.29 is 13.5 Å². The maximum atomic E-state index is 13.5. The molecular weight excluding hydrogens is 214 g/mol. The standard InChI is InChI=1S/C11H14F2N2O/c1-16-11-3-8(12)10(2-9(11)13)15-6-7-4-14-5-7/h2-3,7,14-15H,4-6H2,1H3. The van der Waals surface area contributed by atoms with Crippen LogP contribution in [-0.2, 0) is 0 Å². The van der Waals surface area contributed by atoms with Gasteiger partial charge >= 0.3 is 0 Å². The first-order valence-corrected chi connectivity index (χ1v) is 5.18. The summed E-state index contributed by atoms with van der Waals surface area (Å²) in [5.74, 6) is -0.637. The SMILES string of the molecule is COc1cc(F)c(NCC2CNC2)cc1F. The molecule has 2 N–H and O–H groups in total. The van der Waals surface area contributed by atoms with Gasteiger partial charge in [-0.15, -0.1) is 0 Å². The van der Waals surface area contributed by atoms with Crippen molar-refractivity contribution in [3.05, 3.63) is 23.8 Å². The predicted molar refractivity (Wildman–Crippen MR) is 57.8 cm³/mol. The highest BCUT2D eigenvalue weighted by Gasteiger charge is 2.17. The van der Waals surface area contributed by atoms with E-state index in [0.717, 1.165) is 25.2 Å². The fourth-order valence-corrected chi connectivity index (χ4v) is 1.57. The Bertz CT molecular complexity index is 380.